The molecule has 0 bridgehead atoms. The summed E-state index contributed by atoms with van der Waals surface area (Å²) < 4.78 is 2.01. The van der Waals surface area contributed by atoms with Crippen LogP contribution in [0, 0.1) is 0 Å². The molecule has 84 valence electrons. The molecule has 15 heavy (non-hydrogen) atoms. The van der Waals surface area contributed by atoms with Crippen molar-refractivity contribution >= 4 is 11.6 Å². The zero-order chi connectivity index (χ0) is 10.7. The fraction of sp³-hybridized carbons (Fsp3) is 0.818. The Morgan fingerprint density at radius 3 is 2.87 bits per heavy atom. The fourth-order valence-corrected chi connectivity index (χ4v) is 2.27. The molecule has 1 aliphatic rings. The largest absolute Gasteiger partial charge is 0.249 e. The zero-order valence-corrected chi connectivity index (χ0v) is 9.95. The normalized spacial score (nSPS) is 20.4. The molecule has 0 aromatic carbocycles. The van der Waals surface area contributed by atoms with Crippen molar-refractivity contribution in [1.29, 1.82) is 0 Å². The minimum Gasteiger partial charge on any atom is -0.249 e. The fourth-order valence-electron chi connectivity index (χ4n) is 2.17. The predicted octanol–water partition coefficient (Wildman–Crippen LogP) is 3.47. The molecule has 0 amide bonds. The van der Waals surface area contributed by atoms with E-state index >= 15 is 0 Å². The third-order valence-electron chi connectivity index (χ3n) is 3.16. The second-order valence-electron chi connectivity index (χ2n) is 4.29. The van der Waals surface area contributed by atoms with Gasteiger partial charge in [-0.3, -0.25) is 0 Å². The molecular weight excluding hydrogens is 210 g/mol. The molecule has 1 aromatic heterocycles. The van der Waals surface area contributed by atoms with Crippen molar-refractivity contribution in [2.75, 3.05) is 0 Å². The highest BCUT2D eigenvalue weighted by Crippen LogP contribution is 2.28. The van der Waals surface area contributed by atoms with E-state index in [9.17, 15) is 0 Å². The Balaban J connectivity index is 2.05. The summed E-state index contributed by atoms with van der Waals surface area (Å²) in [5.41, 5.74) is 0.921. The summed E-state index contributed by atoms with van der Waals surface area (Å²) in [6, 6.07) is 0.556. The first-order valence-corrected chi connectivity index (χ1v) is 6.30. The van der Waals surface area contributed by atoms with Crippen molar-refractivity contribution in [2.45, 2.75) is 56.9 Å². The Morgan fingerprint density at radius 2 is 2.20 bits per heavy atom. The molecule has 1 unspecified atom stereocenters. The molecule has 1 aromatic rings. The van der Waals surface area contributed by atoms with Crippen molar-refractivity contribution in [3.05, 3.63) is 11.9 Å². The molecule has 3 nitrogen and oxygen atoms in total. The van der Waals surface area contributed by atoms with Gasteiger partial charge in [-0.25, -0.2) is 4.68 Å². The van der Waals surface area contributed by atoms with Gasteiger partial charge in [0.25, 0.3) is 0 Å². The molecule has 0 N–H and O–H groups in total. The molecule has 0 radical (unpaired) electrons. The SMILES string of the molecule is CCC(Cl)c1cn(C2CCCCC2)nn1. The standard InChI is InChI=1S/C11H18ClN3/c1-2-10(12)11-8-15(14-13-11)9-6-4-3-5-7-9/h8-10H,2-7H2,1H3. The van der Waals surface area contributed by atoms with Crippen LogP contribution in [0.3, 0.4) is 0 Å². The van der Waals surface area contributed by atoms with Gasteiger partial charge < -0.3 is 0 Å². The maximum atomic E-state index is 6.13. The average Bonchev–Trinajstić information content (AvgIpc) is 2.78. The number of rotatable bonds is 3. The molecule has 1 heterocycles. The lowest BCUT2D eigenvalue weighted by Gasteiger charge is -2.20. The summed E-state index contributed by atoms with van der Waals surface area (Å²) in [7, 11) is 0. The second-order valence-corrected chi connectivity index (χ2v) is 4.82. The van der Waals surface area contributed by atoms with Crippen LogP contribution >= 0.6 is 11.6 Å². The van der Waals surface area contributed by atoms with E-state index in [4.69, 9.17) is 11.6 Å². The number of nitrogens with zero attached hydrogens (tertiary/aromatic N) is 3. The van der Waals surface area contributed by atoms with E-state index in [-0.39, 0.29) is 5.38 Å². The molecule has 1 saturated carbocycles. The predicted molar refractivity (Wildman–Crippen MR) is 61.0 cm³/mol. The summed E-state index contributed by atoms with van der Waals surface area (Å²) in [6.45, 7) is 2.07. The molecular formula is C11H18ClN3. The quantitative estimate of drug-likeness (QED) is 0.741. The number of hydrogen-bond acceptors (Lipinski definition) is 2. The molecule has 0 spiro atoms. The number of alkyl halides is 1. The van der Waals surface area contributed by atoms with E-state index in [0.29, 0.717) is 6.04 Å². The summed E-state index contributed by atoms with van der Waals surface area (Å²) >= 11 is 6.13. The summed E-state index contributed by atoms with van der Waals surface area (Å²) in [6.07, 6.45) is 9.41. The van der Waals surface area contributed by atoms with Gasteiger partial charge in [0, 0.05) is 0 Å². The van der Waals surface area contributed by atoms with Gasteiger partial charge in [0.1, 0.15) is 5.69 Å². The van der Waals surface area contributed by atoms with Crippen LogP contribution in [0.4, 0.5) is 0 Å². The molecule has 4 heteroatoms. The van der Waals surface area contributed by atoms with Gasteiger partial charge in [0.05, 0.1) is 17.6 Å². The van der Waals surface area contributed by atoms with E-state index < -0.39 is 0 Å². The van der Waals surface area contributed by atoms with Crippen LogP contribution in [0.1, 0.15) is 62.6 Å². The van der Waals surface area contributed by atoms with Crippen molar-refractivity contribution in [2.24, 2.45) is 0 Å². The van der Waals surface area contributed by atoms with Gasteiger partial charge in [-0.1, -0.05) is 31.4 Å². The van der Waals surface area contributed by atoms with Crippen LogP contribution in [0.5, 0.6) is 0 Å². The zero-order valence-electron chi connectivity index (χ0n) is 9.19. The molecule has 1 atom stereocenters. The summed E-state index contributed by atoms with van der Waals surface area (Å²) in [5.74, 6) is 0. The lowest BCUT2D eigenvalue weighted by Crippen LogP contribution is -2.13. The highest BCUT2D eigenvalue weighted by atomic mass is 35.5. The monoisotopic (exact) mass is 227 g/mol. The maximum Gasteiger partial charge on any atom is 0.101 e. The Bertz CT molecular complexity index is 305. The van der Waals surface area contributed by atoms with Gasteiger partial charge in [0.2, 0.25) is 0 Å². The first-order chi connectivity index (χ1) is 7.31. The minimum absolute atomic E-state index is 0.0161. The Morgan fingerprint density at radius 1 is 1.47 bits per heavy atom. The number of aromatic nitrogens is 3. The van der Waals surface area contributed by atoms with Crippen molar-refractivity contribution in [1.82, 2.24) is 15.0 Å². The lowest BCUT2D eigenvalue weighted by molar-refractivity contribution is 0.324. The van der Waals surface area contributed by atoms with Crippen molar-refractivity contribution in [3.8, 4) is 0 Å². The number of hydrogen-bond donors (Lipinski definition) is 0. The van der Waals surface area contributed by atoms with Crippen LogP contribution in [0.25, 0.3) is 0 Å². The van der Waals surface area contributed by atoms with Gasteiger partial charge in [-0.2, -0.15) is 0 Å². The molecule has 2 rings (SSSR count). The summed E-state index contributed by atoms with van der Waals surface area (Å²) in [5, 5.41) is 8.35. The van der Waals surface area contributed by atoms with E-state index in [0.717, 1.165) is 12.1 Å². The second kappa shape index (κ2) is 4.97. The van der Waals surface area contributed by atoms with E-state index in [1.54, 1.807) is 0 Å². The molecule has 1 fully saturated rings. The Kier molecular flexibility index (Phi) is 3.62. The molecule has 0 aliphatic heterocycles. The van der Waals surface area contributed by atoms with Gasteiger partial charge >= 0.3 is 0 Å². The minimum atomic E-state index is 0.0161. The van der Waals surface area contributed by atoms with Crippen LogP contribution in [0.2, 0.25) is 0 Å². The summed E-state index contributed by atoms with van der Waals surface area (Å²) in [4.78, 5) is 0. The van der Waals surface area contributed by atoms with Gasteiger partial charge in [-0.15, -0.1) is 16.7 Å². The smallest absolute Gasteiger partial charge is 0.101 e. The highest BCUT2D eigenvalue weighted by Gasteiger charge is 2.18. The Labute approximate surface area is 95.8 Å². The topological polar surface area (TPSA) is 30.7 Å². The van der Waals surface area contributed by atoms with E-state index in [2.05, 4.69) is 17.2 Å². The first kappa shape index (κ1) is 10.9. The van der Waals surface area contributed by atoms with E-state index in [1.807, 2.05) is 10.9 Å². The van der Waals surface area contributed by atoms with E-state index in [1.165, 1.54) is 32.1 Å². The lowest BCUT2D eigenvalue weighted by atomic mass is 9.96. The third kappa shape index (κ3) is 2.51. The Hall–Kier alpha value is -0.570. The first-order valence-electron chi connectivity index (χ1n) is 5.87. The van der Waals surface area contributed by atoms with Crippen LogP contribution in [-0.2, 0) is 0 Å². The van der Waals surface area contributed by atoms with Gasteiger partial charge in [-0.05, 0) is 19.3 Å². The number of halogens is 1. The third-order valence-corrected chi connectivity index (χ3v) is 3.69. The average molecular weight is 228 g/mol. The molecule has 1 aliphatic carbocycles. The highest BCUT2D eigenvalue weighted by molar-refractivity contribution is 6.20. The van der Waals surface area contributed by atoms with Gasteiger partial charge in [0.15, 0.2) is 0 Å². The maximum absolute atomic E-state index is 6.13. The molecule has 0 saturated heterocycles. The van der Waals surface area contributed by atoms with Crippen LogP contribution in [0.15, 0.2) is 6.20 Å². The van der Waals surface area contributed by atoms with Crippen molar-refractivity contribution < 1.29 is 0 Å². The van der Waals surface area contributed by atoms with Crippen molar-refractivity contribution in [3.63, 3.8) is 0 Å². The van der Waals surface area contributed by atoms with Crippen LogP contribution in [-0.4, -0.2) is 15.0 Å². The van der Waals surface area contributed by atoms with Crippen LogP contribution < -0.4 is 0 Å².